The molecular weight excluding hydrogens is 429 g/mol. The average molecular weight is 465 g/mol. The number of rotatable bonds is 10. The van der Waals surface area contributed by atoms with Gasteiger partial charge in [0, 0.05) is 6.04 Å². The molecule has 0 saturated heterocycles. The van der Waals surface area contributed by atoms with Crippen molar-refractivity contribution in [2.75, 3.05) is 0 Å². The molecule has 1 aromatic carbocycles. The molecule has 29 heavy (non-hydrogen) atoms. The smallest absolute Gasteiger partial charge is 0.417 e. The first-order valence-electron chi connectivity index (χ1n) is 10.1. The van der Waals surface area contributed by atoms with Gasteiger partial charge < -0.3 is 12.3 Å². The molecule has 0 N–H and O–H groups in total. The van der Waals surface area contributed by atoms with Crippen LogP contribution in [-0.2, 0) is 18.8 Å². The van der Waals surface area contributed by atoms with E-state index in [0.717, 1.165) is 24.4 Å². The molecule has 0 aliphatic rings. The monoisotopic (exact) mass is 464 g/mol. The Morgan fingerprint density at radius 1 is 0.724 bits per heavy atom. The Morgan fingerprint density at radius 2 is 1.17 bits per heavy atom. The van der Waals surface area contributed by atoms with E-state index in [2.05, 4.69) is 71.1 Å². The van der Waals surface area contributed by atoms with Crippen molar-refractivity contribution in [1.82, 2.24) is 0 Å². The molecule has 9 heteroatoms. The molecule has 0 fully saturated rings. The summed E-state index contributed by atoms with van der Waals surface area (Å²) in [6.45, 7) is 19.7. The molecule has 0 aliphatic heterocycles. The van der Waals surface area contributed by atoms with Crippen LogP contribution >= 0.6 is 0 Å². The van der Waals surface area contributed by atoms with Gasteiger partial charge in [-0.15, -0.1) is 0 Å². The minimum atomic E-state index is -2.83. The van der Waals surface area contributed by atoms with Crippen LogP contribution in [0.3, 0.4) is 0 Å². The summed E-state index contributed by atoms with van der Waals surface area (Å²) in [5, 5.41) is 18.4. The molecule has 1 aromatic rings. The third-order valence-corrected chi connectivity index (χ3v) is 15.7. The van der Waals surface area contributed by atoms with Gasteiger partial charge in [-0.3, -0.25) is 0 Å². The molecule has 0 saturated carbocycles. The first-order valence-corrected chi connectivity index (χ1v) is 22.3. The van der Waals surface area contributed by atoms with Crippen LogP contribution in [0.15, 0.2) is 18.2 Å². The van der Waals surface area contributed by atoms with Gasteiger partial charge >= 0.3 is 8.80 Å². The van der Waals surface area contributed by atoms with Gasteiger partial charge in [0.1, 0.15) is 12.1 Å². The average Bonchev–Trinajstić information content (AvgIpc) is 2.49. The summed E-state index contributed by atoms with van der Waals surface area (Å²) in [5.41, 5.74) is 1.91. The van der Waals surface area contributed by atoms with Crippen LogP contribution in [-0.4, -0.2) is 33.8 Å². The highest BCUT2D eigenvalue weighted by Gasteiger charge is 2.49. The second-order valence-corrected chi connectivity index (χ2v) is 27.3. The second kappa shape index (κ2) is 9.84. The Balaban J connectivity index is 3.10. The fraction of sp³-hybridized carbons (Fsp3) is 0.600. The van der Waals surface area contributed by atoms with Crippen molar-refractivity contribution in [3.8, 4) is 12.1 Å². The fourth-order valence-corrected chi connectivity index (χ4v) is 17.7. The highest BCUT2D eigenvalue weighted by molar-refractivity contribution is 6.90. The molecular formula is C20H36N2O3Si4. The Morgan fingerprint density at radius 3 is 1.55 bits per heavy atom. The maximum Gasteiger partial charge on any atom is 0.469 e. The van der Waals surface area contributed by atoms with Crippen molar-refractivity contribution in [3.63, 3.8) is 0 Å². The molecule has 0 unspecified atom stereocenters. The van der Waals surface area contributed by atoms with Gasteiger partial charge in [0.25, 0.3) is 0 Å². The van der Waals surface area contributed by atoms with E-state index < -0.39 is 33.8 Å². The van der Waals surface area contributed by atoms with E-state index in [1.165, 1.54) is 0 Å². The molecule has 1 rings (SSSR count). The van der Waals surface area contributed by atoms with Crippen molar-refractivity contribution in [2.24, 2.45) is 0 Å². The third-order valence-electron chi connectivity index (χ3n) is 3.66. The summed E-state index contributed by atoms with van der Waals surface area (Å²) in [6, 6.07) is 10.4. The van der Waals surface area contributed by atoms with Gasteiger partial charge in [0.05, 0.1) is 11.1 Å². The molecule has 0 atom stereocenters. The molecule has 0 bridgehead atoms. The van der Waals surface area contributed by atoms with Crippen molar-refractivity contribution in [2.45, 2.75) is 77.8 Å². The van der Waals surface area contributed by atoms with Crippen LogP contribution < -0.4 is 0 Å². The molecule has 0 heterocycles. The number of nitriles is 2. The normalized spacial score (nSPS) is 13.1. The minimum absolute atomic E-state index is 0.422. The van der Waals surface area contributed by atoms with E-state index in [-0.39, 0.29) is 0 Å². The Hall–Kier alpha value is -1.05. The summed E-state index contributed by atoms with van der Waals surface area (Å²) in [5.74, 6) is 0. The predicted octanol–water partition coefficient (Wildman–Crippen LogP) is 5.86. The zero-order valence-corrected chi connectivity index (χ0v) is 23.5. The molecule has 0 spiro atoms. The summed E-state index contributed by atoms with van der Waals surface area (Å²) in [6.07, 6.45) is 1.66. The van der Waals surface area contributed by atoms with Crippen LogP contribution in [0.5, 0.6) is 0 Å². The lowest BCUT2D eigenvalue weighted by Gasteiger charge is -2.43. The standard InChI is InChI=1S/C20H36N2O3Si4/c1-26(2,3)23-29(24-27(4,5)6,25-28(7,8)9)14-10-11-18-12-13-19(16-21)20(15-18)17-22/h12-13,15H,10-11,14H2,1-9H3. The van der Waals surface area contributed by atoms with E-state index in [0.29, 0.717) is 11.1 Å². The van der Waals surface area contributed by atoms with Crippen molar-refractivity contribution in [1.29, 1.82) is 10.5 Å². The van der Waals surface area contributed by atoms with Gasteiger partial charge in [0.2, 0.25) is 0 Å². The van der Waals surface area contributed by atoms with E-state index >= 15 is 0 Å². The number of aryl methyl sites for hydroxylation is 1. The quantitative estimate of drug-likeness (QED) is 0.406. The number of hydrogen-bond acceptors (Lipinski definition) is 5. The molecule has 5 nitrogen and oxygen atoms in total. The number of nitrogens with zero attached hydrogens (tertiary/aromatic N) is 2. The van der Waals surface area contributed by atoms with E-state index in [1.807, 2.05) is 12.1 Å². The predicted molar refractivity (Wildman–Crippen MR) is 128 cm³/mol. The molecule has 0 radical (unpaired) electrons. The topological polar surface area (TPSA) is 75.3 Å². The van der Waals surface area contributed by atoms with Gasteiger partial charge in [-0.05, 0) is 89.5 Å². The zero-order valence-electron chi connectivity index (χ0n) is 19.5. The van der Waals surface area contributed by atoms with Gasteiger partial charge in [-0.25, -0.2) is 0 Å². The van der Waals surface area contributed by atoms with Gasteiger partial charge in [0.15, 0.2) is 25.0 Å². The summed E-state index contributed by atoms with van der Waals surface area (Å²) in [4.78, 5) is 0. The number of hydrogen-bond donors (Lipinski definition) is 0. The largest absolute Gasteiger partial charge is 0.469 e. The van der Waals surface area contributed by atoms with Crippen molar-refractivity contribution < 1.29 is 12.3 Å². The molecule has 0 aliphatic carbocycles. The van der Waals surface area contributed by atoms with Crippen molar-refractivity contribution in [3.05, 3.63) is 34.9 Å². The van der Waals surface area contributed by atoms with Crippen molar-refractivity contribution >= 4 is 33.8 Å². The van der Waals surface area contributed by atoms with Crippen LogP contribution in [0.25, 0.3) is 0 Å². The second-order valence-electron chi connectivity index (χ2n) is 10.3. The SMILES string of the molecule is C[Si](C)(C)O[Si](CCCc1ccc(C#N)c(C#N)c1)(O[Si](C)(C)C)O[Si](C)(C)C. The molecule has 160 valence electrons. The minimum Gasteiger partial charge on any atom is -0.417 e. The van der Waals surface area contributed by atoms with Crippen LogP contribution in [0.1, 0.15) is 23.1 Å². The van der Waals surface area contributed by atoms with Gasteiger partial charge in [-0.1, -0.05) is 6.07 Å². The maximum absolute atomic E-state index is 9.27. The lowest BCUT2D eigenvalue weighted by molar-refractivity contribution is 0.250. The van der Waals surface area contributed by atoms with Crippen LogP contribution in [0.4, 0.5) is 0 Å². The Bertz CT molecular complexity index is 741. The fourth-order valence-electron chi connectivity index (χ4n) is 3.06. The lowest BCUT2D eigenvalue weighted by atomic mass is 10.0. The molecule has 0 aromatic heterocycles. The summed E-state index contributed by atoms with van der Waals surface area (Å²) < 4.78 is 20.1. The Kier molecular flexibility index (Phi) is 8.81. The maximum atomic E-state index is 9.27. The van der Waals surface area contributed by atoms with Gasteiger partial charge in [-0.2, -0.15) is 10.5 Å². The highest BCUT2D eigenvalue weighted by Crippen LogP contribution is 2.30. The first kappa shape index (κ1) is 26.0. The Labute approximate surface area is 181 Å². The highest BCUT2D eigenvalue weighted by atomic mass is 28.5. The first-order chi connectivity index (χ1) is 13.1. The zero-order chi connectivity index (χ0) is 22.5. The van der Waals surface area contributed by atoms with E-state index in [9.17, 15) is 5.26 Å². The molecule has 0 amide bonds. The van der Waals surface area contributed by atoms with Crippen LogP contribution in [0, 0.1) is 22.7 Å². The van der Waals surface area contributed by atoms with Crippen LogP contribution in [0.2, 0.25) is 65.0 Å². The number of benzene rings is 1. The van der Waals surface area contributed by atoms with E-state index in [1.54, 1.807) is 6.07 Å². The third kappa shape index (κ3) is 10.0. The summed E-state index contributed by atoms with van der Waals surface area (Å²) >= 11 is 0. The van der Waals surface area contributed by atoms with E-state index in [4.69, 9.17) is 17.6 Å². The summed E-state index contributed by atoms with van der Waals surface area (Å²) in [7, 11) is -8.44. The lowest BCUT2D eigenvalue weighted by Crippen LogP contribution is -2.60.